The van der Waals surface area contributed by atoms with Gasteiger partial charge in [-0.1, -0.05) is 0 Å². The van der Waals surface area contributed by atoms with E-state index in [9.17, 15) is 4.79 Å². The second kappa shape index (κ2) is 4.30. The van der Waals surface area contributed by atoms with E-state index in [4.69, 9.17) is 5.11 Å². The summed E-state index contributed by atoms with van der Waals surface area (Å²) in [6.45, 7) is -0.154. The van der Waals surface area contributed by atoms with Crippen molar-refractivity contribution < 1.29 is 9.90 Å². The average molecular weight is 242 g/mol. The zero-order chi connectivity index (χ0) is 7.56. The molecule has 0 aliphatic heterocycles. The fraction of sp³-hybridized carbons (Fsp3) is 0.250. The largest absolute Gasteiger partial charge is 0.480 e. The topological polar surface area (TPSA) is 68.0 Å². The van der Waals surface area contributed by atoms with Gasteiger partial charge < -0.3 is 5.11 Å². The average Bonchev–Trinajstić information content (AvgIpc) is 2.13. The number of hydrogen-bond acceptors (Lipinski definition) is 3. The molecule has 0 unspecified atom stereocenters. The van der Waals surface area contributed by atoms with Gasteiger partial charge in [-0.25, -0.2) is 9.67 Å². The first kappa shape index (κ1) is 10.4. The predicted molar refractivity (Wildman–Crippen MR) is 42.6 cm³/mol. The molecule has 1 aromatic heterocycles. The third-order valence-corrected chi connectivity index (χ3v) is 1.17. The van der Waals surface area contributed by atoms with Crippen molar-refractivity contribution in [3.63, 3.8) is 0 Å². The van der Waals surface area contributed by atoms with Crippen LogP contribution in [0.4, 0.5) is 0 Å². The van der Waals surface area contributed by atoms with E-state index in [0.29, 0.717) is 4.73 Å². The minimum absolute atomic E-state index is 0. The number of halogens is 2. The SMILES string of the molecule is Cl.O=C(O)Cn1cnc(Br)n1. The fourth-order valence-corrected chi connectivity index (χ4v) is 0.782. The van der Waals surface area contributed by atoms with Gasteiger partial charge in [0.2, 0.25) is 4.73 Å². The maximum atomic E-state index is 10.1. The van der Waals surface area contributed by atoms with Crippen molar-refractivity contribution >= 4 is 34.3 Å². The lowest BCUT2D eigenvalue weighted by Crippen LogP contribution is -2.08. The Morgan fingerprint density at radius 2 is 2.45 bits per heavy atom. The molecule has 0 spiro atoms. The van der Waals surface area contributed by atoms with Crippen molar-refractivity contribution in [2.45, 2.75) is 6.54 Å². The highest BCUT2D eigenvalue weighted by molar-refractivity contribution is 9.10. The van der Waals surface area contributed by atoms with Gasteiger partial charge >= 0.3 is 5.97 Å². The van der Waals surface area contributed by atoms with Crippen LogP contribution in [-0.4, -0.2) is 25.8 Å². The molecule has 5 nitrogen and oxygen atoms in total. The van der Waals surface area contributed by atoms with Crippen LogP contribution in [0.3, 0.4) is 0 Å². The van der Waals surface area contributed by atoms with E-state index in [1.54, 1.807) is 0 Å². The van der Waals surface area contributed by atoms with Crippen LogP contribution in [0.25, 0.3) is 0 Å². The van der Waals surface area contributed by atoms with Crippen LogP contribution in [0, 0.1) is 0 Å². The van der Waals surface area contributed by atoms with E-state index in [0.717, 1.165) is 0 Å². The monoisotopic (exact) mass is 241 g/mol. The van der Waals surface area contributed by atoms with Gasteiger partial charge in [0.05, 0.1) is 0 Å². The van der Waals surface area contributed by atoms with E-state index < -0.39 is 5.97 Å². The summed E-state index contributed by atoms with van der Waals surface area (Å²) in [5.74, 6) is -0.933. The summed E-state index contributed by atoms with van der Waals surface area (Å²) in [6, 6.07) is 0. The Morgan fingerprint density at radius 1 is 1.82 bits per heavy atom. The van der Waals surface area contributed by atoms with Gasteiger partial charge in [0.15, 0.2) is 0 Å². The molecule has 11 heavy (non-hydrogen) atoms. The maximum Gasteiger partial charge on any atom is 0.325 e. The Labute approximate surface area is 77.0 Å². The number of nitrogens with zero attached hydrogens (tertiary/aromatic N) is 3. The lowest BCUT2D eigenvalue weighted by Gasteiger charge is -1.90. The molecule has 0 amide bonds. The van der Waals surface area contributed by atoms with Gasteiger partial charge in [-0.05, 0) is 15.9 Å². The third kappa shape index (κ3) is 3.33. The normalized spacial score (nSPS) is 8.82. The zero-order valence-electron chi connectivity index (χ0n) is 5.27. The lowest BCUT2D eigenvalue weighted by molar-refractivity contribution is -0.137. The van der Waals surface area contributed by atoms with Gasteiger partial charge in [-0.15, -0.1) is 17.5 Å². The highest BCUT2D eigenvalue weighted by atomic mass is 79.9. The summed E-state index contributed by atoms with van der Waals surface area (Å²) in [5.41, 5.74) is 0. The standard InChI is InChI=1S/C4H4BrN3O2.ClH/c5-4-6-2-8(7-4)1-3(9)10;/h2H,1H2,(H,9,10);1H. The molecule has 0 aliphatic rings. The number of aromatic nitrogens is 3. The van der Waals surface area contributed by atoms with Crippen LogP contribution >= 0.6 is 28.3 Å². The highest BCUT2D eigenvalue weighted by Crippen LogP contribution is 1.97. The highest BCUT2D eigenvalue weighted by Gasteiger charge is 2.00. The molecule has 62 valence electrons. The lowest BCUT2D eigenvalue weighted by atomic mass is 10.7. The first-order valence-electron chi connectivity index (χ1n) is 2.45. The first-order valence-corrected chi connectivity index (χ1v) is 3.24. The number of carbonyl (C=O) groups is 1. The predicted octanol–water partition coefficient (Wildman–Crippen LogP) is 0.547. The van der Waals surface area contributed by atoms with Crippen molar-refractivity contribution in [2.24, 2.45) is 0 Å². The van der Waals surface area contributed by atoms with Crippen LogP contribution < -0.4 is 0 Å². The Bertz CT molecular complexity index is 251. The van der Waals surface area contributed by atoms with Gasteiger partial charge in [0.25, 0.3) is 0 Å². The Hall–Kier alpha value is -0.620. The van der Waals surface area contributed by atoms with Crippen LogP contribution in [0.15, 0.2) is 11.1 Å². The molecule has 0 saturated carbocycles. The Morgan fingerprint density at radius 3 is 2.82 bits per heavy atom. The van der Waals surface area contributed by atoms with E-state index >= 15 is 0 Å². The van der Waals surface area contributed by atoms with Gasteiger partial charge in [0.1, 0.15) is 12.9 Å². The summed E-state index contributed by atoms with van der Waals surface area (Å²) >= 11 is 2.99. The van der Waals surface area contributed by atoms with E-state index in [1.165, 1.54) is 11.0 Å². The quantitative estimate of drug-likeness (QED) is 0.822. The van der Waals surface area contributed by atoms with Gasteiger partial charge in [-0.3, -0.25) is 4.79 Å². The second-order valence-corrected chi connectivity index (χ2v) is 2.31. The molecule has 0 bridgehead atoms. The smallest absolute Gasteiger partial charge is 0.325 e. The Balaban J connectivity index is 0.000001000. The second-order valence-electron chi connectivity index (χ2n) is 1.60. The molecule has 0 aromatic carbocycles. The summed E-state index contributed by atoms with van der Waals surface area (Å²) in [6.07, 6.45) is 1.35. The molecule has 7 heteroatoms. The minimum atomic E-state index is -0.933. The molecule has 0 aliphatic carbocycles. The van der Waals surface area contributed by atoms with Gasteiger partial charge in [0, 0.05) is 0 Å². The van der Waals surface area contributed by atoms with Crippen molar-refractivity contribution in [1.29, 1.82) is 0 Å². The van der Waals surface area contributed by atoms with E-state index in [-0.39, 0.29) is 19.0 Å². The number of hydrogen-bond donors (Lipinski definition) is 1. The molecule has 1 N–H and O–H groups in total. The molecule has 0 fully saturated rings. The molecule has 1 heterocycles. The van der Waals surface area contributed by atoms with Gasteiger partial charge in [-0.2, -0.15) is 0 Å². The van der Waals surface area contributed by atoms with Crippen molar-refractivity contribution in [3.8, 4) is 0 Å². The van der Waals surface area contributed by atoms with E-state index in [2.05, 4.69) is 26.0 Å². The zero-order valence-corrected chi connectivity index (χ0v) is 7.67. The molecule has 0 radical (unpaired) electrons. The van der Waals surface area contributed by atoms with E-state index in [1.807, 2.05) is 0 Å². The van der Waals surface area contributed by atoms with Crippen LogP contribution in [0.5, 0.6) is 0 Å². The van der Waals surface area contributed by atoms with Crippen LogP contribution in [0.2, 0.25) is 0 Å². The summed E-state index contributed by atoms with van der Waals surface area (Å²) in [7, 11) is 0. The molecular formula is C4H5BrClN3O2. The molecule has 1 rings (SSSR count). The molecular weight excluding hydrogens is 237 g/mol. The van der Waals surface area contributed by atoms with Crippen molar-refractivity contribution in [2.75, 3.05) is 0 Å². The number of aliphatic carboxylic acids is 1. The number of rotatable bonds is 2. The first-order chi connectivity index (χ1) is 4.68. The molecule has 1 aromatic rings. The summed E-state index contributed by atoms with van der Waals surface area (Å²) in [4.78, 5) is 13.7. The van der Waals surface area contributed by atoms with Crippen LogP contribution in [0.1, 0.15) is 0 Å². The van der Waals surface area contributed by atoms with Crippen molar-refractivity contribution in [1.82, 2.24) is 14.8 Å². The maximum absolute atomic E-state index is 10.1. The summed E-state index contributed by atoms with van der Waals surface area (Å²) in [5, 5.41) is 12.0. The Kier molecular flexibility index (Phi) is 4.06. The number of carboxylic acid groups (broad SMARTS) is 1. The minimum Gasteiger partial charge on any atom is -0.480 e. The third-order valence-electron chi connectivity index (χ3n) is 0.806. The molecule has 0 atom stereocenters. The van der Waals surface area contributed by atoms with Crippen molar-refractivity contribution in [3.05, 3.63) is 11.1 Å². The number of carboxylic acids is 1. The summed E-state index contributed by atoms with van der Waals surface area (Å²) < 4.78 is 1.63. The fourth-order valence-electron chi connectivity index (χ4n) is 0.487. The molecule has 0 saturated heterocycles. The van der Waals surface area contributed by atoms with Crippen LogP contribution in [-0.2, 0) is 11.3 Å².